The van der Waals surface area contributed by atoms with Crippen LogP contribution in [0.2, 0.25) is 6.04 Å². The Morgan fingerprint density at radius 1 is 1.05 bits per heavy atom. The number of hydrogen-bond acceptors (Lipinski definition) is 5. The predicted octanol–water partition coefficient (Wildman–Crippen LogP) is 2.53. The van der Waals surface area contributed by atoms with E-state index in [1.165, 1.54) is 0 Å². The van der Waals surface area contributed by atoms with Gasteiger partial charge in [-0.3, -0.25) is 0 Å². The number of rotatable bonds is 8. The fourth-order valence-corrected chi connectivity index (χ4v) is 5.61. The molecule has 1 aliphatic rings. The summed E-state index contributed by atoms with van der Waals surface area (Å²) in [6.45, 7) is 15.6. The molecule has 1 heterocycles. The van der Waals surface area contributed by atoms with Gasteiger partial charge in [0.15, 0.2) is 0 Å². The molecule has 0 bridgehead atoms. The van der Waals surface area contributed by atoms with Crippen molar-refractivity contribution in [2.45, 2.75) is 59.3 Å². The maximum Gasteiger partial charge on any atom is 0.501 e. The molecule has 6 heteroatoms. The van der Waals surface area contributed by atoms with Crippen LogP contribution in [0.15, 0.2) is 0 Å². The lowest BCUT2D eigenvalue weighted by Crippen LogP contribution is -2.53. The van der Waals surface area contributed by atoms with Crippen LogP contribution in [0.25, 0.3) is 0 Å². The summed E-state index contributed by atoms with van der Waals surface area (Å²) in [7, 11) is -2.59. The van der Waals surface area contributed by atoms with Gasteiger partial charge in [-0.2, -0.15) is 0 Å². The molecular formula is C15H33NO4Si. The van der Waals surface area contributed by atoms with E-state index in [0.29, 0.717) is 19.8 Å². The van der Waals surface area contributed by atoms with Crippen LogP contribution in [0, 0.1) is 0 Å². The summed E-state index contributed by atoms with van der Waals surface area (Å²) in [5, 5.41) is 0. The minimum atomic E-state index is -2.59. The second-order valence-electron chi connectivity index (χ2n) is 5.64. The molecule has 0 N–H and O–H groups in total. The fourth-order valence-electron chi connectivity index (χ4n) is 2.65. The van der Waals surface area contributed by atoms with Crippen LogP contribution in [-0.2, 0) is 18.0 Å². The predicted molar refractivity (Wildman–Crippen MR) is 86.5 cm³/mol. The summed E-state index contributed by atoms with van der Waals surface area (Å²) >= 11 is 0. The van der Waals surface area contributed by atoms with Crippen LogP contribution in [0.4, 0.5) is 0 Å². The zero-order valence-electron chi connectivity index (χ0n) is 14.4. The molecule has 0 amide bonds. The topological polar surface area (TPSA) is 40.2 Å². The maximum absolute atomic E-state index is 6.19. The average molecular weight is 320 g/mol. The third-order valence-electron chi connectivity index (χ3n) is 3.68. The van der Waals surface area contributed by atoms with Crippen molar-refractivity contribution >= 4 is 8.80 Å². The quantitative estimate of drug-likeness (QED) is 0.643. The zero-order valence-corrected chi connectivity index (χ0v) is 15.4. The third kappa shape index (κ3) is 6.75. The zero-order chi connectivity index (χ0) is 15.7. The van der Waals surface area contributed by atoms with Crippen LogP contribution in [0.5, 0.6) is 0 Å². The van der Waals surface area contributed by atoms with Gasteiger partial charge >= 0.3 is 8.80 Å². The highest BCUT2D eigenvalue weighted by Gasteiger charge is 2.44. The molecule has 1 rings (SSSR count). The van der Waals surface area contributed by atoms with Crippen LogP contribution >= 0.6 is 0 Å². The van der Waals surface area contributed by atoms with E-state index < -0.39 is 8.80 Å². The number of ether oxygens (including phenoxy) is 1. The average Bonchev–Trinajstić information content (AvgIpc) is 2.42. The van der Waals surface area contributed by atoms with E-state index in [2.05, 4.69) is 18.7 Å². The summed E-state index contributed by atoms with van der Waals surface area (Å²) < 4.78 is 24.0. The van der Waals surface area contributed by atoms with Gasteiger partial charge in [-0.15, -0.1) is 0 Å². The normalized spacial score (nSPS) is 31.1. The Labute approximate surface area is 131 Å². The van der Waals surface area contributed by atoms with Crippen molar-refractivity contribution in [1.82, 2.24) is 4.90 Å². The van der Waals surface area contributed by atoms with Crippen LogP contribution in [0.1, 0.15) is 41.0 Å². The molecule has 0 aromatic rings. The lowest BCUT2D eigenvalue weighted by atomic mass is 10.4. The molecule has 0 aliphatic carbocycles. The first-order chi connectivity index (χ1) is 10.0. The molecule has 2 atom stereocenters. The molecule has 1 fully saturated rings. The molecule has 0 saturated carbocycles. The van der Waals surface area contributed by atoms with Crippen molar-refractivity contribution < 1.29 is 18.0 Å². The fraction of sp³-hybridized carbons (Fsp3) is 1.00. The molecular weight excluding hydrogens is 286 g/mol. The van der Waals surface area contributed by atoms with E-state index in [4.69, 9.17) is 18.0 Å². The van der Waals surface area contributed by atoms with E-state index in [1.54, 1.807) is 0 Å². The van der Waals surface area contributed by atoms with Gasteiger partial charge < -0.3 is 22.9 Å². The summed E-state index contributed by atoms with van der Waals surface area (Å²) in [5.74, 6) is 0. The minimum Gasteiger partial charge on any atom is -0.376 e. The Morgan fingerprint density at radius 3 is 2.10 bits per heavy atom. The van der Waals surface area contributed by atoms with E-state index in [0.717, 1.165) is 32.1 Å². The van der Waals surface area contributed by atoms with Crippen molar-refractivity contribution in [2.24, 2.45) is 0 Å². The van der Waals surface area contributed by atoms with Crippen LogP contribution in [0.3, 0.4) is 0 Å². The SMILES string of the molecule is CCO[Si]1(CCCN(CC)CC)OC(C)COCC(C)O1. The highest BCUT2D eigenvalue weighted by atomic mass is 28.4. The first-order valence-electron chi connectivity index (χ1n) is 8.34. The van der Waals surface area contributed by atoms with E-state index in [1.807, 2.05) is 20.8 Å². The number of nitrogens with zero attached hydrogens (tertiary/aromatic N) is 1. The van der Waals surface area contributed by atoms with Gasteiger partial charge in [0.2, 0.25) is 0 Å². The van der Waals surface area contributed by atoms with Crippen molar-refractivity contribution in [1.29, 1.82) is 0 Å². The Bertz CT molecular complexity index is 264. The molecule has 0 spiro atoms. The third-order valence-corrected chi connectivity index (χ3v) is 6.90. The molecule has 21 heavy (non-hydrogen) atoms. The Balaban J connectivity index is 2.64. The molecule has 2 unspecified atom stereocenters. The van der Waals surface area contributed by atoms with E-state index in [-0.39, 0.29) is 12.2 Å². The summed E-state index contributed by atoms with van der Waals surface area (Å²) in [6.07, 6.45) is 1.11. The van der Waals surface area contributed by atoms with Gasteiger partial charge in [0.05, 0.1) is 25.4 Å². The molecule has 1 saturated heterocycles. The molecule has 5 nitrogen and oxygen atoms in total. The molecule has 1 aliphatic heterocycles. The van der Waals surface area contributed by atoms with Gasteiger partial charge in [-0.25, -0.2) is 0 Å². The first-order valence-corrected chi connectivity index (χ1v) is 10.3. The summed E-state index contributed by atoms with van der Waals surface area (Å²) in [6, 6.07) is 0.881. The minimum absolute atomic E-state index is 0.0316. The second-order valence-corrected chi connectivity index (χ2v) is 8.27. The monoisotopic (exact) mass is 319 g/mol. The largest absolute Gasteiger partial charge is 0.501 e. The lowest BCUT2D eigenvalue weighted by molar-refractivity contribution is -0.0716. The standard InChI is InChI=1S/C15H33NO4Si/c1-6-16(7-2)10-9-11-21(18-8-3)19-14(4)12-17-13-15(5)20-21/h14-15H,6-13H2,1-5H3. The first kappa shape index (κ1) is 19.1. The van der Waals surface area contributed by atoms with Crippen molar-refractivity contribution in [3.05, 3.63) is 0 Å². The van der Waals surface area contributed by atoms with Crippen molar-refractivity contribution in [3.63, 3.8) is 0 Å². The highest BCUT2D eigenvalue weighted by Crippen LogP contribution is 2.24. The van der Waals surface area contributed by atoms with Gasteiger partial charge in [-0.05, 0) is 46.8 Å². The van der Waals surface area contributed by atoms with Gasteiger partial charge in [0, 0.05) is 12.7 Å². The van der Waals surface area contributed by atoms with Crippen molar-refractivity contribution in [2.75, 3.05) is 39.5 Å². The molecule has 0 aromatic heterocycles. The second kappa shape index (κ2) is 9.92. The maximum atomic E-state index is 6.19. The van der Waals surface area contributed by atoms with Gasteiger partial charge in [0.1, 0.15) is 0 Å². The van der Waals surface area contributed by atoms with Crippen molar-refractivity contribution in [3.8, 4) is 0 Å². The molecule has 0 aromatic carbocycles. The molecule has 0 radical (unpaired) electrons. The Kier molecular flexibility index (Phi) is 9.00. The summed E-state index contributed by atoms with van der Waals surface area (Å²) in [4.78, 5) is 2.42. The number of hydrogen-bond donors (Lipinski definition) is 0. The smallest absolute Gasteiger partial charge is 0.376 e. The van der Waals surface area contributed by atoms with E-state index in [9.17, 15) is 0 Å². The van der Waals surface area contributed by atoms with Crippen LogP contribution < -0.4 is 0 Å². The van der Waals surface area contributed by atoms with E-state index >= 15 is 0 Å². The summed E-state index contributed by atoms with van der Waals surface area (Å²) in [5.41, 5.74) is 0. The molecule has 126 valence electrons. The Hall–Kier alpha value is 0.0169. The lowest BCUT2D eigenvalue weighted by Gasteiger charge is -2.36. The highest BCUT2D eigenvalue weighted by molar-refractivity contribution is 6.60. The van der Waals surface area contributed by atoms with Gasteiger partial charge in [-0.1, -0.05) is 13.8 Å². The van der Waals surface area contributed by atoms with Crippen LogP contribution in [-0.4, -0.2) is 65.4 Å². The van der Waals surface area contributed by atoms with Gasteiger partial charge in [0.25, 0.3) is 0 Å². The Morgan fingerprint density at radius 2 is 1.62 bits per heavy atom.